The van der Waals surface area contributed by atoms with Gasteiger partial charge in [0.05, 0.1) is 36.3 Å². The molecule has 1 amide bonds. The number of furan rings is 1. The third kappa shape index (κ3) is 3.66. The first-order valence-electron chi connectivity index (χ1n) is 10.1. The van der Waals surface area contributed by atoms with Crippen LogP contribution in [0.4, 0.5) is 0 Å². The Morgan fingerprint density at radius 2 is 2.03 bits per heavy atom. The zero-order chi connectivity index (χ0) is 21.3. The molecule has 0 bridgehead atoms. The van der Waals surface area contributed by atoms with Crippen molar-refractivity contribution in [1.82, 2.24) is 20.0 Å². The fourth-order valence-corrected chi connectivity index (χ4v) is 4.18. The number of rotatable bonds is 6. The number of aliphatic hydroxyl groups is 1. The fraction of sp³-hybridized carbons (Fsp3) is 0.476. The third-order valence-corrected chi connectivity index (χ3v) is 5.69. The lowest BCUT2D eigenvalue weighted by molar-refractivity contribution is -0.140. The largest absolute Gasteiger partial charge is 0.507 e. The number of amides is 1. The van der Waals surface area contributed by atoms with Crippen molar-refractivity contribution in [1.29, 1.82) is 0 Å². The van der Waals surface area contributed by atoms with Gasteiger partial charge in [0, 0.05) is 31.9 Å². The maximum Gasteiger partial charge on any atom is 0.295 e. The first-order valence-corrected chi connectivity index (χ1v) is 10.1. The molecule has 2 aromatic heterocycles. The Hall–Kier alpha value is -2.91. The minimum Gasteiger partial charge on any atom is -0.507 e. The van der Waals surface area contributed by atoms with E-state index in [1.807, 2.05) is 0 Å². The van der Waals surface area contributed by atoms with Gasteiger partial charge in [-0.3, -0.25) is 19.6 Å². The van der Waals surface area contributed by atoms with Crippen molar-refractivity contribution in [2.24, 2.45) is 0 Å². The molecule has 2 aliphatic heterocycles. The molecular weight excluding hydrogens is 388 g/mol. The number of aromatic nitrogens is 2. The van der Waals surface area contributed by atoms with Gasteiger partial charge in [-0.25, -0.2) is 0 Å². The van der Waals surface area contributed by atoms with Crippen molar-refractivity contribution in [2.75, 3.05) is 39.4 Å². The smallest absolute Gasteiger partial charge is 0.295 e. The molecule has 2 aliphatic rings. The standard InChI is InChI=1S/C21H26N4O5/c1-13-16(14(2)23-22-13)19(26)17-18(15-5-3-10-30-15)25(21(28)20(17)27)7-4-6-24-8-11-29-12-9-24/h3,5,10,18,26H,4,6-9,11-12H2,1-2H3,(H,22,23)/b19-17+/t18-/m1/s1. The Labute approximate surface area is 174 Å². The molecule has 0 radical (unpaired) electrons. The van der Waals surface area contributed by atoms with E-state index in [9.17, 15) is 14.7 Å². The summed E-state index contributed by atoms with van der Waals surface area (Å²) in [5, 5.41) is 17.9. The van der Waals surface area contributed by atoms with Crippen LogP contribution < -0.4 is 0 Å². The number of nitrogens with one attached hydrogen (secondary N) is 1. The molecule has 4 rings (SSSR count). The van der Waals surface area contributed by atoms with E-state index in [1.165, 1.54) is 11.2 Å². The Morgan fingerprint density at radius 1 is 1.27 bits per heavy atom. The molecule has 0 aliphatic carbocycles. The number of carbonyl (C=O) groups excluding carboxylic acids is 2. The third-order valence-electron chi connectivity index (χ3n) is 5.69. The summed E-state index contributed by atoms with van der Waals surface area (Å²) in [5.41, 5.74) is 1.66. The predicted molar refractivity (Wildman–Crippen MR) is 108 cm³/mol. The van der Waals surface area contributed by atoms with Gasteiger partial charge in [0.1, 0.15) is 17.6 Å². The second-order valence-electron chi connectivity index (χ2n) is 7.62. The van der Waals surface area contributed by atoms with Crippen LogP contribution in [0.25, 0.3) is 5.76 Å². The molecular formula is C21H26N4O5. The number of aryl methyl sites for hydroxylation is 2. The average Bonchev–Trinajstić information content (AvgIpc) is 3.44. The molecule has 0 unspecified atom stereocenters. The number of carbonyl (C=O) groups is 2. The van der Waals surface area contributed by atoms with Gasteiger partial charge in [-0.05, 0) is 32.4 Å². The number of hydrogen-bond donors (Lipinski definition) is 2. The Balaban J connectivity index is 1.64. The van der Waals surface area contributed by atoms with E-state index < -0.39 is 17.7 Å². The van der Waals surface area contributed by atoms with Crippen LogP contribution in [0.3, 0.4) is 0 Å². The molecule has 30 heavy (non-hydrogen) atoms. The molecule has 9 heteroatoms. The quantitative estimate of drug-likeness (QED) is 0.421. The molecule has 0 aromatic carbocycles. The number of aliphatic hydroxyl groups excluding tert-OH is 1. The summed E-state index contributed by atoms with van der Waals surface area (Å²) in [6, 6.07) is 2.66. The normalized spacial score (nSPS) is 22.2. The van der Waals surface area contributed by atoms with E-state index in [1.54, 1.807) is 26.0 Å². The van der Waals surface area contributed by atoms with Gasteiger partial charge >= 0.3 is 0 Å². The van der Waals surface area contributed by atoms with Gasteiger partial charge in [-0.2, -0.15) is 5.10 Å². The van der Waals surface area contributed by atoms with Gasteiger partial charge in [0.15, 0.2) is 0 Å². The molecule has 2 saturated heterocycles. The number of Topliss-reactive ketones (excluding diaryl/α,β-unsaturated/α-hetero) is 1. The summed E-state index contributed by atoms with van der Waals surface area (Å²) in [5.74, 6) is -1.12. The number of morpholine rings is 1. The van der Waals surface area contributed by atoms with Crippen LogP contribution in [-0.4, -0.2) is 76.2 Å². The summed E-state index contributed by atoms with van der Waals surface area (Å²) in [6.45, 7) is 7.82. The first-order chi connectivity index (χ1) is 14.5. The summed E-state index contributed by atoms with van der Waals surface area (Å²) in [7, 11) is 0. The minimum absolute atomic E-state index is 0.0360. The number of hydrogen-bond acceptors (Lipinski definition) is 7. The molecule has 160 valence electrons. The van der Waals surface area contributed by atoms with Crippen LogP contribution in [-0.2, 0) is 14.3 Å². The van der Waals surface area contributed by atoms with Crippen LogP contribution in [0.5, 0.6) is 0 Å². The van der Waals surface area contributed by atoms with Gasteiger partial charge < -0.3 is 19.2 Å². The van der Waals surface area contributed by atoms with E-state index in [2.05, 4.69) is 15.1 Å². The number of H-pyrrole nitrogens is 1. The average molecular weight is 414 g/mol. The van der Waals surface area contributed by atoms with Crippen LogP contribution >= 0.6 is 0 Å². The highest BCUT2D eigenvalue weighted by Gasteiger charge is 2.47. The number of nitrogens with zero attached hydrogens (tertiary/aromatic N) is 3. The van der Waals surface area contributed by atoms with Crippen LogP contribution in [0.2, 0.25) is 0 Å². The van der Waals surface area contributed by atoms with Crippen molar-refractivity contribution in [2.45, 2.75) is 26.3 Å². The summed E-state index contributed by atoms with van der Waals surface area (Å²) in [6.07, 6.45) is 2.20. The molecule has 1 atom stereocenters. The fourth-order valence-electron chi connectivity index (χ4n) is 4.18. The van der Waals surface area contributed by atoms with E-state index in [4.69, 9.17) is 9.15 Å². The van der Waals surface area contributed by atoms with E-state index in [0.29, 0.717) is 48.9 Å². The van der Waals surface area contributed by atoms with E-state index >= 15 is 0 Å². The number of aromatic amines is 1. The molecule has 9 nitrogen and oxygen atoms in total. The zero-order valence-corrected chi connectivity index (χ0v) is 17.2. The lowest BCUT2D eigenvalue weighted by Crippen LogP contribution is -2.38. The lowest BCUT2D eigenvalue weighted by atomic mass is 9.98. The van der Waals surface area contributed by atoms with Gasteiger partial charge in [-0.1, -0.05) is 0 Å². The summed E-state index contributed by atoms with van der Waals surface area (Å²) < 4.78 is 10.9. The Morgan fingerprint density at radius 3 is 2.67 bits per heavy atom. The first kappa shape index (κ1) is 20.4. The number of likely N-dealkylation sites (tertiary alicyclic amines) is 1. The van der Waals surface area contributed by atoms with Crippen LogP contribution in [0.1, 0.15) is 35.2 Å². The molecule has 2 N–H and O–H groups in total. The molecule has 2 fully saturated rings. The highest BCUT2D eigenvalue weighted by atomic mass is 16.5. The van der Waals surface area contributed by atoms with Crippen molar-refractivity contribution < 1.29 is 23.8 Å². The SMILES string of the molecule is Cc1n[nH]c(C)c1/C(O)=C1\C(=O)C(=O)N(CCCN2CCOCC2)[C@@H]1c1ccco1. The monoisotopic (exact) mass is 414 g/mol. The maximum absolute atomic E-state index is 12.9. The minimum atomic E-state index is -0.765. The van der Waals surface area contributed by atoms with Crippen molar-refractivity contribution in [3.8, 4) is 0 Å². The highest BCUT2D eigenvalue weighted by Crippen LogP contribution is 2.40. The van der Waals surface area contributed by atoms with E-state index in [-0.39, 0.29) is 11.3 Å². The highest BCUT2D eigenvalue weighted by molar-refractivity contribution is 6.46. The topological polar surface area (TPSA) is 112 Å². The van der Waals surface area contributed by atoms with Crippen LogP contribution in [0, 0.1) is 13.8 Å². The second-order valence-corrected chi connectivity index (χ2v) is 7.62. The van der Waals surface area contributed by atoms with E-state index in [0.717, 1.165) is 19.6 Å². The predicted octanol–water partition coefficient (Wildman–Crippen LogP) is 1.76. The number of ketones is 1. The van der Waals surface area contributed by atoms with Crippen molar-refractivity contribution in [3.63, 3.8) is 0 Å². The Bertz CT molecular complexity index is 937. The zero-order valence-electron chi connectivity index (χ0n) is 17.2. The maximum atomic E-state index is 12.9. The summed E-state index contributed by atoms with van der Waals surface area (Å²) in [4.78, 5) is 29.6. The summed E-state index contributed by atoms with van der Waals surface area (Å²) >= 11 is 0. The Kier molecular flexibility index (Phi) is 5.74. The van der Waals surface area contributed by atoms with Crippen LogP contribution in [0.15, 0.2) is 28.4 Å². The number of ether oxygens (including phenoxy) is 1. The van der Waals surface area contributed by atoms with Gasteiger partial charge in [0.25, 0.3) is 11.7 Å². The molecule has 2 aromatic rings. The van der Waals surface area contributed by atoms with Crippen molar-refractivity contribution in [3.05, 3.63) is 46.7 Å². The van der Waals surface area contributed by atoms with Gasteiger partial charge in [-0.15, -0.1) is 0 Å². The molecule has 0 saturated carbocycles. The second kappa shape index (κ2) is 8.45. The van der Waals surface area contributed by atoms with Crippen molar-refractivity contribution >= 4 is 17.4 Å². The lowest BCUT2D eigenvalue weighted by Gasteiger charge is -2.28. The molecule has 4 heterocycles. The molecule has 0 spiro atoms. The van der Waals surface area contributed by atoms with Gasteiger partial charge in [0.2, 0.25) is 0 Å².